The van der Waals surface area contributed by atoms with Crippen molar-refractivity contribution < 1.29 is 8.42 Å². The van der Waals surface area contributed by atoms with Crippen LogP contribution in [-0.2, 0) is 9.84 Å². The van der Waals surface area contributed by atoms with Gasteiger partial charge in [-0.15, -0.1) is 0 Å². The fraction of sp³-hybridized carbons (Fsp3) is 1.00. The molecule has 0 bridgehead atoms. The molecular formula is C10H22N2O2S. The lowest BCUT2D eigenvalue weighted by Gasteiger charge is -2.26. The molecule has 1 aliphatic carbocycles. The minimum Gasteiger partial charge on any atom is -0.329 e. The van der Waals surface area contributed by atoms with Gasteiger partial charge in [-0.3, -0.25) is 0 Å². The standard InChI is InChI=1S/C10H22N2O2S/c1-12(6-3-7-15(2,13)14)10(8-11)9-4-5-9/h9-10H,3-8,11H2,1-2H3. The number of hydrogen-bond acceptors (Lipinski definition) is 4. The second-order valence-corrected chi connectivity index (χ2v) is 6.86. The molecule has 0 aromatic heterocycles. The topological polar surface area (TPSA) is 63.4 Å². The van der Waals surface area contributed by atoms with Crippen LogP contribution in [0, 0.1) is 5.92 Å². The van der Waals surface area contributed by atoms with Crippen molar-refractivity contribution in [1.82, 2.24) is 4.90 Å². The number of nitrogens with zero attached hydrogens (tertiary/aromatic N) is 1. The fourth-order valence-corrected chi connectivity index (χ4v) is 2.61. The molecule has 1 rings (SSSR count). The Morgan fingerprint density at radius 3 is 2.47 bits per heavy atom. The minimum atomic E-state index is -2.81. The summed E-state index contributed by atoms with van der Waals surface area (Å²) < 4.78 is 21.9. The normalized spacial score (nSPS) is 19.5. The Balaban J connectivity index is 2.25. The summed E-state index contributed by atoms with van der Waals surface area (Å²) in [4.78, 5) is 2.21. The Kier molecular flexibility index (Phi) is 4.55. The Morgan fingerprint density at radius 1 is 1.47 bits per heavy atom. The van der Waals surface area contributed by atoms with Gasteiger partial charge in [0.2, 0.25) is 0 Å². The van der Waals surface area contributed by atoms with Gasteiger partial charge in [-0.1, -0.05) is 0 Å². The molecule has 0 aromatic rings. The molecule has 0 aromatic carbocycles. The average molecular weight is 234 g/mol. The second kappa shape index (κ2) is 5.27. The molecule has 0 heterocycles. The van der Waals surface area contributed by atoms with E-state index in [1.165, 1.54) is 19.1 Å². The highest BCUT2D eigenvalue weighted by atomic mass is 32.2. The third kappa shape index (κ3) is 4.95. The van der Waals surface area contributed by atoms with Crippen molar-refractivity contribution in [3.8, 4) is 0 Å². The molecule has 5 heteroatoms. The molecule has 15 heavy (non-hydrogen) atoms. The number of nitrogens with two attached hydrogens (primary N) is 1. The third-order valence-electron chi connectivity index (χ3n) is 3.00. The second-order valence-electron chi connectivity index (χ2n) is 4.60. The van der Waals surface area contributed by atoms with Gasteiger partial charge in [0.25, 0.3) is 0 Å². The van der Waals surface area contributed by atoms with Crippen molar-refractivity contribution in [2.24, 2.45) is 11.7 Å². The highest BCUT2D eigenvalue weighted by Gasteiger charge is 2.32. The molecule has 1 aliphatic rings. The molecular weight excluding hydrogens is 212 g/mol. The number of likely N-dealkylation sites (N-methyl/N-ethyl adjacent to an activating group) is 1. The van der Waals surface area contributed by atoms with Gasteiger partial charge in [0, 0.05) is 18.8 Å². The Hall–Kier alpha value is -0.130. The largest absolute Gasteiger partial charge is 0.329 e. The van der Waals surface area contributed by atoms with Gasteiger partial charge < -0.3 is 10.6 Å². The summed E-state index contributed by atoms with van der Waals surface area (Å²) in [6, 6.07) is 0.449. The molecule has 1 saturated carbocycles. The smallest absolute Gasteiger partial charge is 0.147 e. The average Bonchev–Trinajstić information content (AvgIpc) is 2.87. The molecule has 1 fully saturated rings. The van der Waals surface area contributed by atoms with E-state index in [9.17, 15) is 8.42 Å². The lowest BCUT2D eigenvalue weighted by Crippen LogP contribution is -2.40. The number of sulfone groups is 1. The number of rotatable bonds is 7. The maximum absolute atomic E-state index is 11.0. The summed E-state index contributed by atoms with van der Waals surface area (Å²) >= 11 is 0. The third-order valence-corrected chi connectivity index (χ3v) is 4.03. The minimum absolute atomic E-state index is 0.277. The molecule has 1 atom stereocenters. The zero-order chi connectivity index (χ0) is 11.5. The van der Waals surface area contributed by atoms with E-state index in [1.54, 1.807) is 0 Å². The zero-order valence-corrected chi connectivity index (χ0v) is 10.5. The Labute approximate surface area is 92.7 Å². The van der Waals surface area contributed by atoms with E-state index in [4.69, 9.17) is 5.73 Å². The van der Waals surface area contributed by atoms with Crippen molar-refractivity contribution in [1.29, 1.82) is 0 Å². The maximum atomic E-state index is 11.0. The SMILES string of the molecule is CN(CCCS(C)(=O)=O)C(CN)C1CC1. The van der Waals surface area contributed by atoms with Crippen molar-refractivity contribution >= 4 is 9.84 Å². The van der Waals surface area contributed by atoms with E-state index in [-0.39, 0.29) is 5.75 Å². The first-order chi connectivity index (χ1) is 6.94. The van der Waals surface area contributed by atoms with Gasteiger partial charge in [0.15, 0.2) is 0 Å². The van der Waals surface area contributed by atoms with Crippen LogP contribution in [-0.4, -0.2) is 51.5 Å². The van der Waals surface area contributed by atoms with Gasteiger partial charge in [-0.25, -0.2) is 8.42 Å². The maximum Gasteiger partial charge on any atom is 0.147 e. The molecule has 2 N–H and O–H groups in total. The van der Waals surface area contributed by atoms with Crippen LogP contribution in [0.1, 0.15) is 19.3 Å². The van der Waals surface area contributed by atoms with E-state index < -0.39 is 9.84 Å². The van der Waals surface area contributed by atoms with Gasteiger partial charge in [0.1, 0.15) is 9.84 Å². The molecule has 0 amide bonds. The monoisotopic (exact) mass is 234 g/mol. The predicted octanol–water partition coefficient (Wildman–Crippen LogP) is 0.0902. The van der Waals surface area contributed by atoms with Crippen LogP contribution in [0.5, 0.6) is 0 Å². The fourth-order valence-electron chi connectivity index (χ4n) is 1.96. The van der Waals surface area contributed by atoms with Crippen LogP contribution >= 0.6 is 0 Å². The lowest BCUT2D eigenvalue weighted by molar-refractivity contribution is 0.224. The van der Waals surface area contributed by atoms with Crippen molar-refractivity contribution in [3.05, 3.63) is 0 Å². The molecule has 0 radical (unpaired) electrons. The van der Waals surface area contributed by atoms with Crippen LogP contribution in [0.4, 0.5) is 0 Å². The van der Waals surface area contributed by atoms with E-state index in [0.29, 0.717) is 19.0 Å². The van der Waals surface area contributed by atoms with Crippen molar-refractivity contribution in [2.45, 2.75) is 25.3 Å². The molecule has 4 nitrogen and oxygen atoms in total. The first-order valence-corrected chi connectivity index (χ1v) is 7.58. The first kappa shape index (κ1) is 12.9. The quantitative estimate of drug-likeness (QED) is 0.678. The van der Waals surface area contributed by atoms with Crippen LogP contribution in [0.25, 0.3) is 0 Å². The van der Waals surface area contributed by atoms with Crippen molar-refractivity contribution in [3.63, 3.8) is 0 Å². The summed E-state index contributed by atoms with van der Waals surface area (Å²) in [6.07, 6.45) is 4.55. The molecule has 0 saturated heterocycles. The summed E-state index contributed by atoms with van der Waals surface area (Å²) in [7, 11) is -0.775. The van der Waals surface area contributed by atoms with Gasteiger partial charge >= 0.3 is 0 Å². The van der Waals surface area contributed by atoms with Gasteiger partial charge in [0.05, 0.1) is 5.75 Å². The highest BCUT2D eigenvalue weighted by molar-refractivity contribution is 7.90. The van der Waals surface area contributed by atoms with E-state index in [2.05, 4.69) is 4.90 Å². The first-order valence-electron chi connectivity index (χ1n) is 5.52. The van der Waals surface area contributed by atoms with E-state index in [1.807, 2.05) is 7.05 Å². The Morgan fingerprint density at radius 2 is 2.07 bits per heavy atom. The van der Waals surface area contributed by atoms with Gasteiger partial charge in [-0.05, 0) is 38.8 Å². The summed E-state index contributed by atoms with van der Waals surface area (Å²) in [5.74, 6) is 1.03. The summed E-state index contributed by atoms with van der Waals surface area (Å²) in [6.45, 7) is 1.51. The van der Waals surface area contributed by atoms with Crippen molar-refractivity contribution in [2.75, 3.05) is 32.1 Å². The lowest BCUT2D eigenvalue weighted by atomic mass is 10.1. The van der Waals surface area contributed by atoms with E-state index >= 15 is 0 Å². The molecule has 0 spiro atoms. The summed E-state index contributed by atoms with van der Waals surface area (Å²) in [5, 5.41) is 0. The molecule has 0 aliphatic heterocycles. The predicted molar refractivity (Wildman–Crippen MR) is 62.5 cm³/mol. The molecule has 90 valence electrons. The van der Waals surface area contributed by atoms with Crippen LogP contribution < -0.4 is 5.73 Å². The van der Waals surface area contributed by atoms with Crippen LogP contribution in [0.3, 0.4) is 0 Å². The van der Waals surface area contributed by atoms with Gasteiger partial charge in [-0.2, -0.15) is 0 Å². The zero-order valence-electron chi connectivity index (χ0n) is 9.65. The highest BCUT2D eigenvalue weighted by Crippen LogP contribution is 2.34. The van der Waals surface area contributed by atoms with E-state index in [0.717, 1.165) is 12.5 Å². The van der Waals surface area contributed by atoms with Crippen LogP contribution in [0.15, 0.2) is 0 Å². The summed E-state index contributed by atoms with van der Waals surface area (Å²) in [5.41, 5.74) is 5.71. The molecule has 1 unspecified atom stereocenters. The van der Waals surface area contributed by atoms with Crippen LogP contribution in [0.2, 0.25) is 0 Å². The Bertz CT molecular complexity index is 286. The number of hydrogen-bond donors (Lipinski definition) is 1.